The van der Waals surface area contributed by atoms with E-state index in [1.165, 1.54) is 0 Å². The molecule has 1 atom stereocenters. The second-order valence-corrected chi connectivity index (χ2v) is 6.58. The number of nitrogens with zero attached hydrogens (tertiary/aromatic N) is 3. The highest BCUT2D eigenvalue weighted by Gasteiger charge is 2.29. The number of Topliss-reactive ketones (excluding diaryl/α,β-unsaturated/α-hetero) is 1. The number of benzene rings is 2. The van der Waals surface area contributed by atoms with E-state index in [1.807, 2.05) is 85.6 Å². The molecule has 2 aromatic rings. The van der Waals surface area contributed by atoms with Gasteiger partial charge >= 0.3 is 0 Å². The molecule has 0 fully saturated rings. The molecule has 3 rings (SSSR count). The summed E-state index contributed by atoms with van der Waals surface area (Å²) in [6.45, 7) is 0. The summed E-state index contributed by atoms with van der Waals surface area (Å²) in [5.41, 5.74) is 6.97. The number of carbonyl (C=O) groups excluding carboxylic acids is 1. The number of hydrogen-bond acceptors (Lipinski definition) is 5. The fourth-order valence-electron chi connectivity index (χ4n) is 3.13. The van der Waals surface area contributed by atoms with E-state index < -0.39 is 0 Å². The normalized spacial score (nSPS) is 18.1. The Bertz CT molecular complexity index is 863. The zero-order chi connectivity index (χ0) is 18.7. The van der Waals surface area contributed by atoms with E-state index >= 15 is 0 Å². The highest BCUT2D eigenvalue weighted by atomic mass is 16.1. The van der Waals surface area contributed by atoms with E-state index in [1.54, 1.807) is 0 Å². The van der Waals surface area contributed by atoms with Crippen LogP contribution in [0.5, 0.6) is 0 Å². The minimum atomic E-state index is -0.150. The smallest absolute Gasteiger partial charge is 0.177 e. The molecule has 26 heavy (non-hydrogen) atoms. The van der Waals surface area contributed by atoms with Gasteiger partial charge in [0.05, 0.1) is 11.7 Å². The van der Waals surface area contributed by atoms with Crippen LogP contribution in [0.4, 0.5) is 5.69 Å². The molecule has 0 bridgehead atoms. The van der Waals surface area contributed by atoms with E-state index in [0.29, 0.717) is 5.70 Å². The van der Waals surface area contributed by atoms with Crippen molar-refractivity contribution in [1.29, 1.82) is 5.26 Å². The van der Waals surface area contributed by atoms with Gasteiger partial charge in [-0.25, -0.2) is 5.01 Å². The van der Waals surface area contributed by atoms with Crippen molar-refractivity contribution in [2.75, 3.05) is 26.0 Å². The molecule has 0 spiro atoms. The van der Waals surface area contributed by atoms with Crippen molar-refractivity contribution in [1.82, 2.24) is 10.4 Å². The topological polar surface area (TPSA) is 59.4 Å². The van der Waals surface area contributed by atoms with Gasteiger partial charge < -0.3 is 10.3 Å². The fourth-order valence-corrected chi connectivity index (χ4v) is 3.13. The number of carbonyl (C=O) groups is 1. The first-order valence-electron chi connectivity index (χ1n) is 8.51. The lowest BCUT2D eigenvalue weighted by atomic mass is 9.97. The number of rotatable bonds is 3. The first-order valence-corrected chi connectivity index (χ1v) is 8.51. The van der Waals surface area contributed by atoms with E-state index in [9.17, 15) is 10.1 Å². The molecule has 0 aliphatic carbocycles. The van der Waals surface area contributed by atoms with Crippen molar-refractivity contribution in [3.63, 3.8) is 0 Å². The number of hydrazine groups is 1. The minimum Gasteiger partial charge on any atom is -0.378 e. The van der Waals surface area contributed by atoms with Crippen LogP contribution < -0.4 is 10.3 Å². The van der Waals surface area contributed by atoms with Crippen LogP contribution in [0.15, 0.2) is 60.2 Å². The average Bonchev–Trinajstić information content (AvgIpc) is 2.78. The third-order valence-corrected chi connectivity index (χ3v) is 4.63. The summed E-state index contributed by atoms with van der Waals surface area (Å²) in [4.78, 5) is 14.8. The maximum Gasteiger partial charge on any atom is 0.177 e. The summed E-state index contributed by atoms with van der Waals surface area (Å²) in [6.07, 6.45) is 0.254. The van der Waals surface area contributed by atoms with Gasteiger partial charge in [0.25, 0.3) is 0 Å². The molecule has 1 aliphatic rings. The lowest BCUT2D eigenvalue weighted by Gasteiger charge is -2.28. The van der Waals surface area contributed by atoms with Crippen LogP contribution in [0.1, 0.15) is 23.6 Å². The number of allylic oxidation sites excluding steroid dienone is 1. The second kappa shape index (κ2) is 7.42. The van der Waals surface area contributed by atoms with Crippen LogP contribution in [0.25, 0.3) is 5.70 Å². The van der Waals surface area contributed by atoms with Gasteiger partial charge in [-0.3, -0.25) is 4.79 Å². The van der Waals surface area contributed by atoms with Gasteiger partial charge in [-0.1, -0.05) is 42.5 Å². The van der Waals surface area contributed by atoms with Crippen LogP contribution in [-0.2, 0) is 4.79 Å². The van der Waals surface area contributed by atoms with Crippen LogP contribution in [-0.4, -0.2) is 31.9 Å². The molecule has 5 heteroatoms. The molecule has 1 aliphatic heterocycles. The highest BCUT2D eigenvalue weighted by Crippen LogP contribution is 2.31. The van der Waals surface area contributed by atoms with E-state index in [2.05, 4.69) is 11.5 Å². The molecule has 0 saturated carbocycles. The molecule has 1 heterocycles. The molecule has 0 unspecified atom stereocenters. The Labute approximate surface area is 154 Å². The largest absolute Gasteiger partial charge is 0.378 e. The zero-order valence-corrected chi connectivity index (χ0v) is 15.2. The molecule has 5 nitrogen and oxygen atoms in total. The zero-order valence-electron chi connectivity index (χ0n) is 15.2. The third kappa shape index (κ3) is 3.46. The van der Waals surface area contributed by atoms with E-state index in [-0.39, 0.29) is 23.8 Å². The number of anilines is 1. The standard InChI is InChI=1S/C21H22N4O/c1-24(2)17-11-9-15(10-12-17)19-13-20(26)18(14-22)21(23-25(19)3)16-7-5-4-6-8-16/h4-12,19,23H,13H2,1-3H3/t19-/m1/s1. The Balaban J connectivity index is 1.95. The summed E-state index contributed by atoms with van der Waals surface area (Å²) in [7, 11) is 5.89. The number of hydrogen-bond donors (Lipinski definition) is 1. The second-order valence-electron chi connectivity index (χ2n) is 6.58. The van der Waals surface area contributed by atoms with Gasteiger partial charge in [-0.2, -0.15) is 5.26 Å². The van der Waals surface area contributed by atoms with E-state index in [0.717, 1.165) is 16.8 Å². The molecule has 0 aromatic heterocycles. The monoisotopic (exact) mass is 346 g/mol. The summed E-state index contributed by atoms with van der Waals surface area (Å²) in [6, 6.07) is 19.6. The maximum atomic E-state index is 12.8. The molecule has 0 radical (unpaired) electrons. The Hall–Kier alpha value is -3.10. The van der Waals surface area contributed by atoms with Crippen LogP contribution in [0, 0.1) is 11.3 Å². The van der Waals surface area contributed by atoms with Gasteiger partial charge in [-0.15, -0.1) is 0 Å². The van der Waals surface area contributed by atoms with Gasteiger partial charge in [0.2, 0.25) is 0 Å². The quantitative estimate of drug-likeness (QED) is 0.925. The predicted octanol–water partition coefficient (Wildman–Crippen LogP) is 3.14. The fraction of sp³-hybridized carbons (Fsp3) is 0.238. The van der Waals surface area contributed by atoms with Crippen LogP contribution in [0.2, 0.25) is 0 Å². The molecule has 132 valence electrons. The Morgan fingerprint density at radius 1 is 1.12 bits per heavy atom. The van der Waals surface area contributed by atoms with Crippen molar-refractivity contribution >= 4 is 17.2 Å². The maximum absolute atomic E-state index is 12.8. The van der Waals surface area contributed by atoms with Gasteiger partial charge in [0.1, 0.15) is 11.6 Å². The number of nitrogens with one attached hydrogen (secondary N) is 1. The highest BCUT2D eigenvalue weighted by molar-refractivity contribution is 6.06. The van der Waals surface area contributed by atoms with Crippen molar-refractivity contribution in [3.8, 4) is 6.07 Å². The number of ketones is 1. The minimum absolute atomic E-state index is 0.148. The first kappa shape index (κ1) is 17.7. The lowest BCUT2D eigenvalue weighted by Crippen LogP contribution is -2.35. The summed E-state index contributed by atoms with van der Waals surface area (Å²) >= 11 is 0. The average molecular weight is 346 g/mol. The molecule has 0 amide bonds. The predicted molar refractivity (Wildman–Crippen MR) is 103 cm³/mol. The van der Waals surface area contributed by atoms with E-state index in [4.69, 9.17) is 0 Å². The van der Waals surface area contributed by atoms with Gasteiger partial charge in [0, 0.05) is 38.8 Å². The van der Waals surface area contributed by atoms with Crippen LogP contribution >= 0.6 is 0 Å². The molecular weight excluding hydrogens is 324 g/mol. The molecular formula is C21H22N4O. The van der Waals surface area contributed by atoms with Crippen molar-refractivity contribution in [3.05, 3.63) is 71.3 Å². The Kier molecular flexibility index (Phi) is 5.06. The summed E-state index contributed by atoms with van der Waals surface area (Å²) in [5, 5.41) is 11.5. The summed E-state index contributed by atoms with van der Waals surface area (Å²) in [5.74, 6) is -0.148. The van der Waals surface area contributed by atoms with Gasteiger partial charge in [0.15, 0.2) is 5.78 Å². The molecule has 2 aromatic carbocycles. The Morgan fingerprint density at radius 3 is 2.35 bits per heavy atom. The summed E-state index contributed by atoms with van der Waals surface area (Å²) < 4.78 is 0. The van der Waals surface area contributed by atoms with Crippen molar-refractivity contribution in [2.45, 2.75) is 12.5 Å². The van der Waals surface area contributed by atoms with Gasteiger partial charge in [-0.05, 0) is 17.7 Å². The first-order chi connectivity index (χ1) is 12.5. The third-order valence-electron chi connectivity index (χ3n) is 4.63. The SMILES string of the molecule is CN(C)c1ccc([C@H]2CC(=O)C(C#N)=C(c3ccccc3)NN2C)cc1. The lowest BCUT2D eigenvalue weighted by molar-refractivity contribution is -0.116. The van der Waals surface area contributed by atoms with Crippen molar-refractivity contribution < 1.29 is 4.79 Å². The number of nitriles is 1. The molecule has 0 saturated heterocycles. The van der Waals surface area contributed by atoms with Crippen molar-refractivity contribution in [2.24, 2.45) is 0 Å². The molecule has 1 N–H and O–H groups in total. The Morgan fingerprint density at radius 2 is 1.77 bits per heavy atom. The van der Waals surface area contributed by atoms with Crippen LogP contribution in [0.3, 0.4) is 0 Å².